The van der Waals surface area contributed by atoms with Crippen LogP contribution in [0.5, 0.6) is 11.5 Å². The SMILES string of the molecule is CCOc1cc([C@H]2C3=CC[C@@H]4C(=O)N(CC)C(=O)[C@@H]4[C@@H]3C[C@H]3C(=O)N(c4ccc(F)c(Cl)c4)C(=O)[C@@]23C)ccc1O. The number of allylic oxidation sites excluding steroid dienone is 2. The Kier molecular flexibility index (Phi) is 6.48. The second-order valence-electron chi connectivity index (χ2n) is 11.3. The number of hydrogen-bond donors (Lipinski definition) is 1. The zero-order valence-electron chi connectivity index (χ0n) is 22.9. The Morgan fingerprint density at radius 1 is 1.05 bits per heavy atom. The lowest BCUT2D eigenvalue weighted by Crippen LogP contribution is -2.48. The first-order chi connectivity index (χ1) is 19.5. The number of amides is 4. The van der Waals surface area contributed by atoms with E-state index in [0.29, 0.717) is 18.6 Å². The molecule has 8 nitrogen and oxygen atoms in total. The molecule has 4 aliphatic rings. The van der Waals surface area contributed by atoms with Crippen LogP contribution in [0.1, 0.15) is 45.1 Å². The highest BCUT2D eigenvalue weighted by Gasteiger charge is 2.67. The third-order valence-electron chi connectivity index (χ3n) is 9.46. The molecule has 6 atom stereocenters. The highest BCUT2D eigenvalue weighted by Crippen LogP contribution is 2.64. The van der Waals surface area contributed by atoms with Gasteiger partial charge in [0.05, 0.1) is 40.5 Å². The van der Waals surface area contributed by atoms with Gasteiger partial charge in [-0.3, -0.25) is 24.1 Å². The Morgan fingerprint density at radius 3 is 2.49 bits per heavy atom. The highest BCUT2D eigenvalue weighted by molar-refractivity contribution is 6.31. The molecule has 214 valence electrons. The van der Waals surface area contributed by atoms with Crippen molar-refractivity contribution in [3.63, 3.8) is 0 Å². The molecule has 2 aliphatic heterocycles. The van der Waals surface area contributed by atoms with Crippen LogP contribution in [-0.2, 0) is 19.2 Å². The number of nitrogens with zero attached hydrogens (tertiary/aromatic N) is 2. The summed E-state index contributed by atoms with van der Waals surface area (Å²) < 4.78 is 19.7. The first-order valence-electron chi connectivity index (χ1n) is 13.9. The topological polar surface area (TPSA) is 104 Å². The molecule has 0 radical (unpaired) electrons. The zero-order valence-corrected chi connectivity index (χ0v) is 23.7. The van der Waals surface area contributed by atoms with Gasteiger partial charge in [-0.2, -0.15) is 0 Å². The number of halogens is 2. The lowest BCUT2D eigenvalue weighted by atomic mass is 9.51. The number of phenols is 1. The fourth-order valence-electron chi connectivity index (χ4n) is 7.62. The molecule has 2 aliphatic carbocycles. The van der Waals surface area contributed by atoms with E-state index in [1.54, 1.807) is 32.9 Å². The van der Waals surface area contributed by atoms with Crippen LogP contribution in [0, 0.1) is 34.9 Å². The van der Waals surface area contributed by atoms with Gasteiger partial charge < -0.3 is 9.84 Å². The number of anilines is 1. The number of fused-ring (bicyclic) bond motifs is 4. The maximum Gasteiger partial charge on any atom is 0.241 e. The molecule has 0 spiro atoms. The summed E-state index contributed by atoms with van der Waals surface area (Å²) in [6.45, 7) is 5.87. The molecule has 0 unspecified atom stereocenters. The number of imide groups is 2. The number of carbonyl (C=O) groups is 4. The molecule has 2 heterocycles. The number of hydrogen-bond acceptors (Lipinski definition) is 6. The standard InChI is InChI=1S/C31H30ClFN2O6/c1-4-34-27(37)18-9-8-17-19(25(18)29(34)39)14-20-28(38)35(16-7-10-22(33)21(32)13-16)30(40)31(20,3)26(17)15-6-11-23(36)24(12-15)41-5-2/h6-8,10-13,18-20,25-26,36H,4-5,9,14H2,1-3H3/t18-,19+,20-,25-,26-,31+/m0/s1. The van der Waals surface area contributed by atoms with Crippen molar-refractivity contribution < 1.29 is 33.4 Å². The van der Waals surface area contributed by atoms with Crippen molar-refractivity contribution in [1.29, 1.82) is 0 Å². The van der Waals surface area contributed by atoms with Crippen molar-refractivity contribution in [1.82, 2.24) is 4.90 Å². The fourth-order valence-corrected chi connectivity index (χ4v) is 7.80. The number of phenolic OH excluding ortho intramolecular Hbond substituents is 1. The summed E-state index contributed by atoms with van der Waals surface area (Å²) in [5.41, 5.74) is 0.374. The molecule has 3 fully saturated rings. The molecule has 2 aromatic carbocycles. The minimum Gasteiger partial charge on any atom is -0.504 e. The van der Waals surface area contributed by atoms with Gasteiger partial charge in [0.2, 0.25) is 23.6 Å². The fraction of sp³-hybridized carbons (Fsp3) is 0.419. The molecular weight excluding hydrogens is 551 g/mol. The van der Waals surface area contributed by atoms with Gasteiger partial charge in [0, 0.05) is 12.5 Å². The van der Waals surface area contributed by atoms with Crippen molar-refractivity contribution in [3.05, 3.63) is 64.5 Å². The van der Waals surface area contributed by atoms with E-state index in [0.717, 1.165) is 16.5 Å². The van der Waals surface area contributed by atoms with E-state index in [1.165, 1.54) is 23.1 Å². The molecular formula is C31H30ClFN2O6. The van der Waals surface area contributed by atoms with Gasteiger partial charge in [0.15, 0.2) is 11.5 Å². The van der Waals surface area contributed by atoms with E-state index in [2.05, 4.69) is 0 Å². The minimum atomic E-state index is -1.27. The van der Waals surface area contributed by atoms with Crippen molar-refractivity contribution >= 4 is 40.9 Å². The van der Waals surface area contributed by atoms with Gasteiger partial charge in [0.25, 0.3) is 0 Å². The van der Waals surface area contributed by atoms with Crippen molar-refractivity contribution in [2.75, 3.05) is 18.1 Å². The van der Waals surface area contributed by atoms with Crippen LogP contribution >= 0.6 is 11.6 Å². The molecule has 0 aromatic heterocycles. The maximum atomic E-state index is 14.4. The van der Waals surface area contributed by atoms with E-state index in [4.69, 9.17) is 16.3 Å². The maximum absolute atomic E-state index is 14.4. The van der Waals surface area contributed by atoms with E-state index in [9.17, 15) is 28.7 Å². The van der Waals surface area contributed by atoms with Crippen molar-refractivity contribution in [3.8, 4) is 11.5 Å². The highest BCUT2D eigenvalue weighted by atomic mass is 35.5. The second-order valence-corrected chi connectivity index (χ2v) is 11.7. The Labute approximate surface area is 241 Å². The van der Waals surface area contributed by atoms with Crippen LogP contribution in [0.2, 0.25) is 5.02 Å². The lowest BCUT2D eigenvalue weighted by Gasteiger charge is -2.49. The van der Waals surface area contributed by atoms with E-state index in [1.807, 2.05) is 6.08 Å². The van der Waals surface area contributed by atoms with Crippen LogP contribution in [0.4, 0.5) is 10.1 Å². The summed E-state index contributed by atoms with van der Waals surface area (Å²) in [5.74, 6) is -4.93. The van der Waals surface area contributed by atoms with E-state index in [-0.39, 0.29) is 47.0 Å². The molecule has 41 heavy (non-hydrogen) atoms. The molecule has 10 heteroatoms. The van der Waals surface area contributed by atoms with Crippen LogP contribution in [0.3, 0.4) is 0 Å². The number of rotatable bonds is 5. The Bertz CT molecular complexity index is 1540. The molecule has 4 amide bonds. The number of benzene rings is 2. The van der Waals surface area contributed by atoms with Crippen LogP contribution in [-0.4, -0.2) is 46.8 Å². The average molecular weight is 581 g/mol. The molecule has 2 saturated heterocycles. The summed E-state index contributed by atoms with van der Waals surface area (Å²) in [5, 5.41) is 10.2. The van der Waals surface area contributed by atoms with Gasteiger partial charge >= 0.3 is 0 Å². The zero-order chi connectivity index (χ0) is 29.4. The number of carbonyl (C=O) groups excluding carboxylic acids is 4. The third-order valence-corrected chi connectivity index (χ3v) is 9.75. The first kappa shape index (κ1) is 27.4. The largest absolute Gasteiger partial charge is 0.504 e. The summed E-state index contributed by atoms with van der Waals surface area (Å²) in [6.07, 6.45) is 2.53. The summed E-state index contributed by atoms with van der Waals surface area (Å²) in [4.78, 5) is 57.5. The quantitative estimate of drug-likeness (QED) is 0.401. The van der Waals surface area contributed by atoms with Crippen LogP contribution < -0.4 is 9.64 Å². The van der Waals surface area contributed by atoms with E-state index < -0.39 is 52.6 Å². The van der Waals surface area contributed by atoms with Crippen molar-refractivity contribution in [2.45, 2.75) is 39.5 Å². The number of aromatic hydroxyl groups is 1. The number of ether oxygens (including phenoxy) is 1. The molecule has 1 saturated carbocycles. The molecule has 2 aromatic rings. The summed E-state index contributed by atoms with van der Waals surface area (Å²) in [7, 11) is 0. The summed E-state index contributed by atoms with van der Waals surface area (Å²) >= 11 is 6.03. The predicted molar refractivity (Wildman–Crippen MR) is 148 cm³/mol. The molecule has 1 N–H and O–H groups in total. The second kappa shape index (κ2) is 9.69. The van der Waals surface area contributed by atoms with E-state index >= 15 is 0 Å². The van der Waals surface area contributed by atoms with Gasteiger partial charge in [-0.1, -0.05) is 29.3 Å². The molecule has 0 bridgehead atoms. The Morgan fingerprint density at radius 2 is 1.80 bits per heavy atom. The normalized spacial score (nSPS) is 30.8. The third kappa shape index (κ3) is 3.77. The number of likely N-dealkylation sites (tertiary alicyclic amines) is 1. The van der Waals surface area contributed by atoms with Crippen LogP contribution in [0.25, 0.3) is 0 Å². The van der Waals surface area contributed by atoms with Gasteiger partial charge in [-0.25, -0.2) is 9.29 Å². The first-order valence-corrected chi connectivity index (χ1v) is 14.3. The van der Waals surface area contributed by atoms with Gasteiger partial charge in [0.1, 0.15) is 5.82 Å². The lowest BCUT2D eigenvalue weighted by molar-refractivity contribution is -0.140. The Hall–Kier alpha value is -3.72. The predicted octanol–water partition coefficient (Wildman–Crippen LogP) is 4.83. The Balaban J connectivity index is 1.53. The monoisotopic (exact) mass is 580 g/mol. The van der Waals surface area contributed by atoms with Gasteiger partial charge in [-0.15, -0.1) is 0 Å². The molecule has 6 rings (SSSR count). The van der Waals surface area contributed by atoms with Gasteiger partial charge in [-0.05, 0) is 75.4 Å². The smallest absolute Gasteiger partial charge is 0.241 e. The average Bonchev–Trinajstić information content (AvgIpc) is 3.31. The van der Waals surface area contributed by atoms with Crippen molar-refractivity contribution in [2.24, 2.45) is 29.1 Å². The summed E-state index contributed by atoms with van der Waals surface area (Å²) in [6, 6.07) is 8.60. The minimum absolute atomic E-state index is 0.0612. The van der Waals surface area contributed by atoms with Crippen LogP contribution in [0.15, 0.2) is 48.0 Å².